The number of nitrogens with zero attached hydrogens (tertiary/aromatic N) is 2. The number of carbonyl (C=O) groups is 2. The number of carbonyl (C=O) groups excluding carboxylic acids is 2. The number of hydrogen-bond donors (Lipinski definition) is 1. The van der Waals surface area contributed by atoms with Gasteiger partial charge in [-0.05, 0) is 42.2 Å². The maximum Gasteiger partial charge on any atom is 0.246 e. The van der Waals surface area contributed by atoms with Gasteiger partial charge in [-0.15, -0.1) is 0 Å². The minimum absolute atomic E-state index is 0.0328. The van der Waals surface area contributed by atoms with Crippen molar-refractivity contribution in [3.05, 3.63) is 53.2 Å². The van der Waals surface area contributed by atoms with Gasteiger partial charge >= 0.3 is 0 Å². The first-order chi connectivity index (χ1) is 17.5. The van der Waals surface area contributed by atoms with Gasteiger partial charge in [-0.3, -0.25) is 9.59 Å². The number of nitrogens with one attached hydrogen (secondary N) is 1. The number of aromatic nitrogens is 1. The lowest BCUT2D eigenvalue weighted by molar-refractivity contribution is -0.160. The smallest absolute Gasteiger partial charge is 0.246 e. The number of amides is 2. The lowest BCUT2D eigenvalue weighted by atomic mass is 9.85. The van der Waals surface area contributed by atoms with Crippen LogP contribution in [0, 0.1) is 0 Å². The molecule has 2 fully saturated rings. The Labute approximate surface area is 210 Å². The van der Waals surface area contributed by atoms with E-state index in [1.165, 1.54) is 0 Å². The van der Waals surface area contributed by atoms with Crippen LogP contribution >= 0.6 is 0 Å². The summed E-state index contributed by atoms with van der Waals surface area (Å²) >= 11 is 0. The second-order valence-corrected chi connectivity index (χ2v) is 9.85. The maximum absolute atomic E-state index is 13.9. The summed E-state index contributed by atoms with van der Waals surface area (Å²) in [5.41, 5.74) is 3.81. The Hall–Kier alpha value is -3.68. The number of benzene rings is 2. The first kappa shape index (κ1) is 22.8. The predicted octanol–water partition coefficient (Wildman–Crippen LogP) is 3.82. The standard InChI is InChI=1S/C28H31N3O5/c1-34-22-12-16(13-23(35-2)27(22)36-3)26-25-19(18-10-6-7-11-20(18)29-25)14-21-28(33)30(15-24(32)31(21)26)17-8-4-5-9-17/h6-7,10-13,17,21,26,29H,4-5,8-9,14-15H2,1-3H3/t21-,26?/m1/s1. The van der Waals surface area contributed by atoms with Crippen molar-refractivity contribution in [2.24, 2.45) is 0 Å². The fourth-order valence-electron chi connectivity index (χ4n) is 6.42. The number of rotatable bonds is 5. The number of ether oxygens (including phenoxy) is 3. The minimum atomic E-state index is -0.553. The van der Waals surface area contributed by atoms with Crippen LogP contribution in [-0.2, 0) is 16.0 Å². The summed E-state index contributed by atoms with van der Waals surface area (Å²) in [4.78, 5) is 35.0. The molecule has 0 bridgehead atoms. The molecule has 2 atom stereocenters. The summed E-state index contributed by atoms with van der Waals surface area (Å²) in [5.74, 6) is 1.52. The zero-order valence-corrected chi connectivity index (χ0v) is 20.9. The maximum atomic E-state index is 13.9. The first-order valence-corrected chi connectivity index (χ1v) is 12.6. The fraction of sp³-hybridized carbons (Fsp3) is 0.429. The summed E-state index contributed by atoms with van der Waals surface area (Å²) < 4.78 is 16.8. The molecule has 1 aliphatic carbocycles. The molecule has 1 N–H and O–H groups in total. The Kier molecular flexibility index (Phi) is 5.54. The largest absolute Gasteiger partial charge is 0.493 e. The van der Waals surface area contributed by atoms with E-state index in [9.17, 15) is 9.59 Å². The van der Waals surface area contributed by atoms with Crippen molar-refractivity contribution in [3.8, 4) is 17.2 Å². The Bertz CT molecular complexity index is 1320. The zero-order chi connectivity index (χ0) is 25.0. The van der Waals surface area contributed by atoms with E-state index in [2.05, 4.69) is 11.1 Å². The number of H-pyrrole nitrogens is 1. The van der Waals surface area contributed by atoms with E-state index in [0.29, 0.717) is 23.7 Å². The number of piperazine rings is 1. The Morgan fingerprint density at radius 1 is 0.944 bits per heavy atom. The van der Waals surface area contributed by atoms with Crippen LogP contribution in [-0.4, -0.2) is 66.6 Å². The second-order valence-electron chi connectivity index (χ2n) is 9.85. The molecular weight excluding hydrogens is 458 g/mol. The molecule has 1 aromatic heterocycles. The van der Waals surface area contributed by atoms with Gasteiger partial charge in [0.1, 0.15) is 12.6 Å². The van der Waals surface area contributed by atoms with Crippen LogP contribution in [0.5, 0.6) is 17.2 Å². The average Bonchev–Trinajstić information content (AvgIpc) is 3.57. The number of aromatic amines is 1. The van der Waals surface area contributed by atoms with E-state index in [0.717, 1.165) is 53.4 Å². The number of fused-ring (bicyclic) bond motifs is 4. The zero-order valence-electron chi connectivity index (χ0n) is 20.9. The van der Waals surface area contributed by atoms with Crippen molar-refractivity contribution in [1.29, 1.82) is 0 Å². The summed E-state index contributed by atoms with van der Waals surface area (Å²) in [6.45, 7) is 0.122. The topological polar surface area (TPSA) is 84.1 Å². The van der Waals surface area contributed by atoms with Gasteiger partial charge in [0.25, 0.3) is 0 Å². The van der Waals surface area contributed by atoms with Gasteiger partial charge in [-0.25, -0.2) is 0 Å². The summed E-state index contributed by atoms with van der Waals surface area (Å²) in [6, 6.07) is 11.0. The molecule has 1 saturated carbocycles. The van der Waals surface area contributed by atoms with Crippen molar-refractivity contribution >= 4 is 22.7 Å². The van der Waals surface area contributed by atoms with Crippen LogP contribution in [0.2, 0.25) is 0 Å². The van der Waals surface area contributed by atoms with E-state index in [1.54, 1.807) is 26.2 Å². The molecule has 3 aromatic rings. The molecule has 0 radical (unpaired) electrons. The summed E-state index contributed by atoms with van der Waals surface area (Å²) in [7, 11) is 4.72. The lowest BCUT2D eigenvalue weighted by Crippen LogP contribution is -2.64. The highest BCUT2D eigenvalue weighted by molar-refractivity contribution is 5.98. The van der Waals surface area contributed by atoms with Crippen LogP contribution in [0.3, 0.4) is 0 Å². The quantitative estimate of drug-likeness (QED) is 0.589. The lowest BCUT2D eigenvalue weighted by Gasteiger charge is -2.48. The molecule has 2 aliphatic heterocycles. The van der Waals surface area contributed by atoms with Gasteiger partial charge in [-0.2, -0.15) is 0 Å². The monoisotopic (exact) mass is 489 g/mol. The third-order valence-electron chi connectivity index (χ3n) is 8.06. The molecule has 188 valence electrons. The fourth-order valence-corrected chi connectivity index (χ4v) is 6.42. The van der Waals surface area contributed by atoms with Crippen LogP contribution in [0.4, 0.5) is 0 Å². The highest BCUT2D eigenvalue weighted by Gasteiger charge is 2.50. The third kappa shape index (κ3) is 3.34. The molecule has 1 unspecified atom stereocenters. The average molecular weight is 490 g/mol. The normalized spacial score (nSPS) is 22.1. The van der Waals surface area contributed by atoms with Gasteiger partial charge < -0.3 is 29.0 Å². The van der Waals surface area contributed by atoms with Crippen LogP contribution in [0.15, 0.2) is 36.4 Å². The van der Waals surface area contributed by atoms with Crippen LogP contribution in [0.1, 0.15) is 48.5 Å². The van der Waals surface area contributed by atoms with Crippen molar-refractivity contribution in [2.45, 2.75) is 50.2 Å². The number of para-hydroxylation sites is 1. The van der Waals surface area contributed by atoms with Crippen molar-refractivity contribution in [1.82, 2.24) is 14.8 Å². The Morgan fingerprint density at radius 3 is 2.31 bits per heavy atom. The molecule has 1 saturated heterocycles. The number of methoxy groups -OCH3 is 3. The number of hydrogen-bond acceptors (Lipinski definition) is 5. The molecule has 3 aliphatic rings. The van der Waals surface area contributed by atoms with E-state index in [4.69, 9.17) is 14.2 Å². The van der Waals surface area contributed by atoms with Gasteiger partial charge in [0.2, 0.25) is 17.6 Å². The highest BCUT2D eigenvalue weighted by Crippen LogP contribution is 2.47. The van der Waals surface area contributed by atoms with E-state index in [-0.39, 0.29) is 24.4 Å². The minimum Gasteiger partial charge on any atom is -0.493 e. The van der Waals surface area contributed by atoms with Gasteiger partial charge in [0.15, 0.2) is 11.5 Å². The third-order valence-corrected chi connectivity index (χ3v) is 8.06. The second kappa shape index (κ2) is 8.76. The van der Waals surface area contributed by atoms with Crippen molar-refractivity contribution < 1.29 is 23.8 Å². The highest BCUT2D eigenvalue weighted by atomic mass is 16.5. The van der Waals surface area contributed by atoms with Gasteiger partial charge in [0, 0.05) is 29.1 Å². The SMILES string of the molecule is COc1cc(C2c3[nH]c4ccccc4c3C[C@@H]3C(=O)N(C4CCCC4)CC(=O)N23)cc(OC)c1OC. The molecule has 2 aromatic carbocycles. The van der Waals surface area contributed by atoms with Crippen molar-refractivity contribution in [2.75, 3.05) is 27.9 Å². The van der Waals surface area contributed by atoms with Crippen molar-refractivity contribution in [3.63, 3.8) is 0 Å². The molecule has 2 amide bonds. The van der Waals surface area contributed by atoms with Crippen LogP contribution < -0.4 is 14.2 Å². The Balaban J connectivity index is 1.54. The molecule has 0 spiro atoms. The molecule has 8 nitrogen and oxygen atoms in total. The van der Waals surface area contributed by atoms with Gasteiger partial charge in [-0.1, -0.05) is 31.0 Å². The molecule has 6 rings (SSSR count). The van der Waals surface area contributed by atoms with Crippen LogP contribution in [0.25, 0.3) is 10.9 Å². The molecular formula is C28H31N3O5. The summed E-state index contributed by atoms with van der Waals surface area (Å²) in [5, 5.41) is 1.09. The molecule has 36 heavy (non-hydrogen) atoms. The predicted molar refractivity (Wildman–Crippen MR) is 135 cm³/mol. The summed E-state index contributed by atoms with van der Waals surface area (Å²) in [6.07, 6.45) is 4.66. The van der Waals surface area contributed by atoms with E-state index in [1.807, 2.05) is 35.2 Å². The Morgan fingerprint density at radius 2 is 1.64 bits per heavy atom. The van der Waals surface area contributed by atoms with E-state index < -0.39 is 12.1 Å². The van der Waals surface area contributed by atoms with Gasteiger partial charge in [0.05, 0.1) is 27.4 Å². The molecule has 3 heterocycles. The molecule has 8 heteroatoms. The first-order valence-electron chi connectivity index (χ1n) is 12.6. The van der Waals surface area contributed by atoms with E-state index >= 15 is 0 Å².